The van der Waals surface area contributed by atoms with Crippen molar-refractivity contribution >= 4 is 39.5 Å². The van der Waals surface area contributed by atoms with E-state index in [1.807, 2.05) is 12.1 Å². The van der Waals surface area contributed by atoms with Crippen molar-refractivity contribution in [1.82, 2.24) is 4.57 Å². The molecule has 5 heteroatoms. The molecule has 1 fully saturated rings. The number of carboxylic acids is 1. The molecule has 5 nitrogen and oxygen atoms in total. The van der Waals surface area contributed by atoms with E-state index in [9.17, 15) is 9.90 Å². The molecule has 2 aliphatic rings. The van der Waals surface area contributed by atoms with Gasteiger partial charge in [-0.15, -0.1) is 0 Å². The van der Waals surface area contributed by atoms with Gasteiger partial charge in [0.2, 0.25) is 0 Å². The molecule has 6 rings (SSSR count). The highest BCUT2D eigenvalue weighted by Gasteiger charge is 2.59. The molecule has 1 aromatic heterocycles. The zero-order chi connectivity index (χ0) is 23.7. The Morgan fingerprint density at radius 3 is 2.68 bits per heavy atom. The molecule has 1 atom stereocenters. The minimum atomic E-state index is -0.814. The molecule has 34 heavy (non-hydrogen) atoms. The van der Waals surface area contributed by atoms with E-state index in [4.69, 9.17) is 4.74 Å². The van der Waals surface area contributed by atoms with Crippen LogP contribution in [-0.2, 0) is 28.4 Å². The van der Waals surface area contributed by atoms with E-state index in [0.717, 1.165) is 28.9 Å². The molecule has 0 bridgehead atoms. The quantitative estimate of drug-likeness (QED) is 0.445. The Labute approximate surface area is 198 Å². The van der Waals surface area contributed by atoms with Gasteiger partial charge in [0.25, 0.3) is 0 Å². The smallest absolute Gasteiger partial charge is 0.307 e. The second kappa shape index (κ2) is 7.21. The summed E-state index contributed by atoms with van der Waals surface area (Å²) in [4.78, 5) is 13.6. The number of aromatic nitrogens is 1. The Hall–Kier alpha value is -3.57. The van der Waals surface area contributed by atoms with Crippen molar-refractivity contribution in [2.45, 2.75) is 31.4 Å². The monoisotopic (exact) mass is 452 g/mol. The van der Waals surface area contributed by atoms with Gasteiger partial charge in [-0.2, -0.15) is 0 Å². The van der Waals surface area contributed by atoms with Gasteiger partial charge in [-0.1, -0.05) is 62.4 Å². The maximum Gasteiger partial charge on any atom is 0.307 e. The van der Waals surface area contributed by atoms with Crippen LogP contribution in [0.1, 0.15) is 30.5 Å². The van der Waals surface area contributed by atoms with Crippen molar-refractivity contribution in [3.8, 4) is 0 Å². The second-order valence-corrected chi connectivity index (χ2v) is 9.93. The van der Waals surface area contributed by atoms with Crippen molar-refractivity contribution in [3.63, 3.8) is 0 Å². The van der Waals surface area contributed by atoms with Gasteiger partial charge < -0.3 is 19.3 Å². The highest BCUT2D eigenvalue weighted by molar-refractivity contribution is 6.08. The molecule has 0 spiro atoms. The summed E-state index contributed by atoms with van der Waals surface area (Å²) in [6.45, 7) is 5.85. The van der Waals surface area contributed by atoms with E-state index in [0.29, 0.717) is 6.61 Å². The molecule has 2 aliphatic heterocycles. The Kier molecular flexibility index (Phi) is 4.45. The van der Waals surface area contributed by atoms with E-state index < -0.39 is 11.7 Å². The summed E-state index contributed by atoms with van der Waals surface area (Å²) in [7, 11) is 2.12. The molecule has 0 saturated carbocycles. The molecule has 1 N–H and O–H groups in total. The lowest BCUT2D eigenvalue weighted by Crippen LogP contribution is -2.51. The molecular formula is C29H28N2O3. The van der Waals surface area contributed by atoms with E-state index in [-0.39, 0.29) is 11.8 Å². The molecule has 3 heterocycles. The number of ether oxygens (including phenoxy) is 1. The molecule has 172 valence electrons. The van der Waals surface area contributed by atoms with Crippen molar-refractivity contribution < 1.29 is 14.6 Å². The van der Waals surface area contributed by atoms with Gasteiger partial charge in [0.05, 0.1) is 13.0 Å². The van der Waals surface area contributed by atoms with Crippen LogP contribution in [0.2, 0.25) is 0 Å². The summed E-state index contributed by atoms with van der Waals surface area (Å²) < 4.78 is 8.73. The Morgan fingerprint density at radius 1 is 1.06 bits per heavy atom. The minimum absolute atomic E-state index is 0.0259. The van der Waals surface area contributed by atoms with Gasteiger partial charge >= 0.3 is 5.97 Å². The van der Waals surface area contributed by atoms with Crippen LogP contribution in [0.25, 0.3) is 27.9 Å². The summed E-state index contributed by atoms with van der Waals surface area (Å²) in [5.41, 5.74) is 5.70. The van der Waals surface area contributed by atoms with Crippen LogP contribution in [-0.4, -0.2) is 34.5 Å². The number of nitrogens with zero attached hydrogens (tertiary/aromatic N) is 2. The van der Waals surface area contributed by atoms with E-state index in [2.05, 4.69) is 91.0 Å². The fourth-order valence-corrected chi connectivity index (χ4v) is 5.99. The van der Waals surface area contributed by atoms with Gasteiger partial charge in [0.15, 0.2) is 5.72 Å². The first-order valence-electron chi connectivity index (χ1n) is 11.7. The fourth-order valence-electron chi connectivity index (χ4n) is 5.99. The first-order chi connectivity index (χ1) is 16.3. The number of aryl methyl sites for hydroxylation is 1. The highest BCUT2D eigenvalue weighted by Crippen LogP contribution is 2.55. The number of fused-ring (bicyclic) bond motifs is 6. The van der Waals surface area contributed by atoms with Crippen LogP contribution in [0.3, 0.4) is 0 Å². The Bertz CT molecular complexity index is 1500. The largest absolute Gasteiger partial charge is 0.481 e. The summed E-state index contributed by atoms with van der Waals surface area (Å²) in [6.07, 6.45) is 4.39. The topological polar surface area (TPSA) is 54.7 Å². The van der Waals surface area contributed by atoms with E-state index in [1.54, 1.807) is 0 Å². The first kappa shape index (κ1) is 21.0. The number of benzene rings is 3. The molecule has 1 saturated heterocycles. The predicted octanol–water partition coefficient (Wildman–Crippen LogP) is 5.50. The fraction of sp³-hybridized carbons (Fsp3) is 0.276. The number of aliphatic carboxylic acids is 1. The maximum absolute atomic E-state index is 11.3. The Balaban J connectivity index is 1.42. The number of rotatable bonds is 4. The third-order valence-electron chi connectivity index (χ3n) is 7.75. The predicted molar refractivity (Wildman–Crippen MR) is 136 cm³/mol. The van der Waals surface area contributed by atoms with E-state index in [1.165, 1.54) is 21.8 Å². The zero-order valence-corrected chi connectivity index (χ0v) is 19.7. The molecule has 3 aromatic carbocycles. The average Bonchev–Trinajstić information content (AvgIpc) is 3.43. The summed E-state index contributed by atoms with van der Waals surface area (Å²) in [5, 5.41) is 11.8. The third-order valence-corrected chi connectivity index (χ3v) is 7.75. The van der Waals surface area contributed by atoms with Crippen LogP contribution in [0.4, 0.5) is 5.69 Å². The van der Waals surface area contributed by atoms with Gasteiger partial charge in [0.1, 0.15) is 0 Å². The third kappa shape index (κ3) is 2.80. The highest BCUT2D eigenvalue weighted by atomic mass is 16.5. The molecule has 0 amide bonds. The van der Waals surface area contributed by atoms with Crippen LogP contribution in [0, 0.1) is 0 Å². The van der Waals surface area contributed by atoms with Crippen molar-refractivity contribution in [3.05, 3.63) is 83.4 Å². The van der Waals surface area contributed by atoms with Crippen molar-refractivity contribution in [1.29, 1.82) is 0 Å². The lowest BCUT2D eigenvalue weighted by molar-refractivity contribution is -0.136. The van der Waals surface area contributed by atoms with Crippen molar-refractivity contribution in [2.24, 2.45) is 7.05 Å². The van der Waals surface area contributed by atoms with Crippen LogP contribution in [0.15, 0.2) is 66.7 Å². The van der Waals surface area contributed by atoms with Gasteiger partial charge in [-0.05, 0) is 41.0 Å². The van der Waals surface area contributed by atoms with Crippen LogP contribution in [0.5, 0.6) is 0 Å². The number of para-hydroxylation sites is 1. The van der Waals surface area contributed by atoms with Gasteiger partial charge in [-0.3, -0.25) is 4.79 Å². The molecular weight excluding hydrogens is 424 g/mol. The SMILES string of the molecule is Cn1c2ccccc2c2ccc(/C=C/C34OCCN3c3ccc(CC(=O)O)cc3C4(C)C)cc21. The average molecular weight is 453 g/mol. The number of carboxylic acid groups (broad SMARTS) is 1. The minimum Gasteiger partial charge on any atom is -0.481 e. The number of hydrogen-bond donors (Lipinski definition) is 1. The Morgan fingerprint density at radius 2 is 1.85 bits per heavy atom. The maximum atomic E-state index is 11.3. The lowest BCUT2D eigenvalue weighted by atomic mass is 9.76. The molecule has 0 aliphatic carbocycles. The van der Waals surface area contributed by atoms with Crippen LogP contribution >= 0.6 is 0 Å². The van der Waals surface area contributed by atoms with Crippen LogP contribution < -0.4 is 4.90 Å². The lowest BCUT2D eigenvalue weighted by Gasteiger charge is -2.39. The number of hydrogen-bond acceptors (Lipinski definition) is 3. The summed E-state index contributed by atoms with van der Waals surface area (Å²) in [6, 6.07) is 21.1. The zero-order valence-electron chi connectivity index (χ0n) is 19.7. The number of anilines is 1. The standard InChI is InChI=1S/C29H28N2O3/c1-28(2)23-16-20(18-27(32)33)9-11-25(23)31-14-15-34-29(28,31)13-12-19-8-10-22-21-6-4-5-7-24(21)30(3)26(22)17-19/h4-13,16-17H,14-15,18H2,1-3H3,(H,32,33)/b13-12+. The number of carbonyl (C=O) groups is 1. The normalized spacial score (nSPS) is 21.0. The summed E-state index contributed by atoms with van der Waals surface area (Å²) in [5.74, 6) is -0.814. The van der Waals surface area contributed by atoms with Crippen molar-refractivity contribution in [2.75, 3.05) is 18.1 Å². The molecule has 1 unspecified atom stereocenters. The molecule has 0 radical (unpaired) electrons. The molecule has 4 aromatic rings. The van der Waals surface area contributed by atoms with Gasteiger partial charge in [0, 0.05) is 46.5 Å². The van der Waals surface area contributed by atoms with E-state index >= 15 is 0 Å². The van der Waals surface area contributed by atoms with Gasteiger partial charge in [-0.25, -0.2) is 0 Å². The summed E-state index contributed by atoms with van der Waals surface area (Å²) >= 11 is 0. The second-order valence-electron chi connectivity index (χ2n) is 9.93. The first-order valence-corrected chi connectivity index (χ1v) is 11.7.